The predicted octanol–water partition coefficient (Wildman–Crippen LogP) is 1.95. The summed E-state index contributed by atoms with van der Waals surface area (Å²) in [4.78, 5) is 18.7. The van der Waals surface area contributed by atoms with Crippen molar-refractivity contribution in [2.75, 3.05) is 13.1 Å². The molecule has 1 atom stereocenters. The van der Waals surface area contributed by atoms with Crippen molar-refractivity contribution in [3.8, 4) is 0 Å². The average Bonchev–Trinajstić information content (AvgIpc) is 2.50. The molecule has 2 aromatic rings. The quantitative estimate of drug-likeness (QED) is 0.926. The van der Waals surface area contributed by atoms with Crippen molar-refractivity contribution in [2.24, 2.45) is 0 Å². The number of para-hydroxylation sites is 1. The summed E-state index contributed by atoms with van der Waals surface area (Å²) in [5, 5.41) is 4.39. The first-order valence-electron chi connectivity index (χ1n) is 7.14. The third-order valence-electron chi connectivity index (χ3n) is 3.87. The number of fused-ring (bicyclic) bond motifs is 1. The van der Waals surface area contributed by atoms with Gasteiger partial charge in [-0.15, -0.1) is 0 Å². The normalized spacial score (nSPS) is 19.6. The monoisotopic (exact) mass is 269 g/mol. The fourth-order valence-corrected chi connectivity index (χ4v) is 2.77. The van der Waals surface area contributed by atoms with E-state index in [0.717, 1.165) is 36.0 Å². The van der Waals surface area contributed by atoms with Crippen LogP contribution in [0.25, 0.3) is 10.9 Å². The lowest BCUT2D eigenvalue weighted by Crippen LogP contribution is -2.54. The number of carbonyl (C=O) groups excluding carboxylic acids is 1. The van der Waals surface area contributed by atoms with Gasteiger partial charge in [0.2, 0.25) is 5.91 Å². The van der Waals surface area contributed by atoms with Crippen LogP contribution < -0.4 is 5.32 Å². The van der Waals surface area contributed by atoms with Gasteiger partial charge in [0.1, 0.15) is 0 Å². The Kier molecular flexibility index (Phi) is 3.65. The minimum absolute atomic E-state index is 0.0355. The maximum absolute atomic E-state index is 12.3. The molecule has 0 bridgehead atoms. The number of benzene rings is 1. The van der Waals surface area contributed by atoms with E-state index in [1.807, 2.05) is 24.0 Å². The molecule has 1 saturated heterocycles. The molecule has 4 nitrogen and oxygen atoms in total. The van der Waals surface area contributed by atoms with Crippen LogP contribution in [-0.4, -0.2) is 34.9 Å². The summed E-state index contributed by atoms with van der Waals surface area (Å²) in [5.41, 5.74) is 2.11. The number of piperazine rings is 1. The van der Waals surface area contributed by atoms with Gasteiger partial charge in [-0.25, -0.2) is 0 Å². The highest BCUT2D eigenvalue weighted by Crippen LogP contribution is 2.19. The van der Waals surface area contributed by atoms with Crippen molar-refractivity contribution >= 4 is 16.8 Å². The van der Waals surface area contributed by atoms with Crippen molar-refractivity contribution in [1.82, 2.24) is 15.2 Å². The lowest BCUT2D eigenvalue weighted by atomic mass is 10.1. The van der Waals surface area contributed by atoms with Gasteiger partial charge in [-0.05, 0) is 18.1 Å². The molecule has 1 aromatic heterocycles. The molecule has 1 N–H and O–H groups in total. The van der Waals surface area contributed by atoms with Crippen LogP contribution in [0.4, 0.5) is 0 Å². The third kappa shape index (κ3) is 2.39. The van der Waals surface area contributed by atoms with E-state index < -0.39 is 0 Å². The Bertz CT molecular complexity index is 621. The molecular formula is C16H19N3O. The molecule has 1 aliphatic heterocycles. The molecule has 3 rings (SSSR count). The van der Waals surface area contributed by atoms with Crippen LogP contribution in [0.1, 0.15) is 18.9 Å². The van der Waals surface area contributed by atoms with Crippen molar-refractivity contribution in [1.29, 1.82) is 0 Å². The predicted molar refractivity (Wildman–Crippen MR) is 79.2 cm³/mol. The second-order valence-electron chi connectivity index (χ2n) is 5.17. The first-order chi connectivity index (χ1) is 9.79. The molecule has 0 radical (unpaired) electrons. The van der Waals surface area contributed by atoms with E-state index in [-0.39, 0.29) is 11.9 Å². The topological polar surface area (TPSA) is 45.2 Å². The average molecular weight is 269 g/mol. The number of nitrogens with one attached hydrogen (secondary N) is 1. The summed E-state index contributed by atoms with van der Waals surface area (Å²) in [5.74, 6) is 0.201. The Morgan fingerprint density at radius 3 is 3.05 bits per heavy atom. The smallest absolute Gasteiger partial charge is 0.240 e. The van der Waals surface area contributed by atoms with E-state index in [9.17, 15) is 4.79 Å². The maximum atomic E-state index is 12.3. The van der Waals surface area contributed by atoms with Gasteiger partial charge in [0.05, 0.1) is 11.6 Å². The first kappa shape index (κ1) is 13.1. The zero-order valence-electron chi connectivity index (χ0n) is 11.7. The van der Waals surface area contributed by atoms with Crippen molar-refractivity contribution in [3.63, 3.8) is 0 Å². The standard InChI is InChI=1S/C16H19N3O/c1-2-14-16(20)19(10-9-17-14)11-13-6-3-5-12-7-4-8-18-15(12)13/h3-8,14,17H,2,9-11H2,1H3. The Morgan fingerprint density at radius 1 is 1.35 bits per heavy atom. The fourth-order valence-electron chi connectivity index (χ4n) is 2.77. The molecule has 4 heteroatoms. The van der Waals surface area contributed by atoms with E-state index >= 15 is 0 Å². The largest absolute Gasteiger partial charge is 0.336 e. The first-order valence-corrected chi connectivity index (χ1v) is 7.14. The van der Waals surface area contributed by atoms with Crippen molar-refractivity contribution in [2.45, 2.75) is 25.9 Å². The van der Waals surface area contributed by atoms with Crippen LogP contribution in [0.2, 0.25) is 0 Å². The molecular weight excluding hydrogens is 250 g/mol. The Balaban J connectivity index is 1.87. The molecule has 0 spiro atoms. The minimum atomic E-state index is -0.0355. The summed E-state index contributed by atoms with van der Waals surface area (Å²) < 4.78 is 0. The zero-order chi connectivity index (χ0) is 13.9. The summed E-state index contributed by atoms with van der Waals surface area (Å²) in [6, 6.07) is 10.1. The number of pyridine rings is 1. The molecule has 1 unspecified atom stereocenters. The minimum Gasteiger partial charge on any atom is -0.336 e. The fraction of sp³-hybridized carbons (Fsp3) is 0.375. The van der Waals surface area contributed by atoms with Crippen LogP contribution in [-0.2, 0) is 11.3 Å². The van der Waals surface area contributed by atoms with E-state index in [2.05, 4.69) is 28.5 Å². The van der Waals surface area contributed by atoms with Crippen molar-refractivity contribution in [3.05, 3.63) is 42.1 Å². The Labute approximate surface area is 118 Å². The second kappa shape index (κ2) is 5.59. The van der Waals surface area contributed by atoms with Gasteiger partial charge in [-0.2, -0.15) is 0 Å². The van der Waals surface area contributed by atoms with Gasteiger partial charge >= 0.3 is 0 Å². The molecule has 1 fully saturated rings. The molecule has 0 aliphatic carbocycles. The highest BCUT2D eigenvalue weighted by Gasteiger charge is 2.26. The van der Waals surface area contributed by atoms with E-state index in [1.165, 1.54) is 0 Å². The highest BCUT2D eigenvalue weighted by atomic mass is 16.2. The lowest BCUT2D eigenvalue weighted by molar-refractivity contribution is -0.136. The molecule has 104 valence electrons. The van der Waals surface area contributed by atoms with Gasteiger partial charge in [-0.3, -0.25) is 9.78 Å². The molecule has 1 aromatic carbocycles. The summed E-state index contributed by atoms with van der Waals surface area (Å²) >= 11 is 0. The third-order valence-corrected chi connectivity index (χ3v) is 3.87. The maximum Gasteiger partial charge on any atom is 0.240 e. The number of nitrogens with zero attached hydrogens (tertiary/aromatic N) is 2. The van der Waals surface area contributed by atoms with E-state index in [0.29, 0.717) is 6.54 Å². The van der Waals surface area contributed by atoms with Crippen LogP contribution in [0.15, 0.2) is 36.5 Å². The number of amides is 1. The number of rotatable bonds is 3. The van der Waals surface area contributed by atoms with E-state index in [4.69, 9.17) is 0 Å². The zero-order valence-corrected chi connectivity index (χ0v) is 11.7. The summed E-state index contributed by atoms with van der Waals surface area (Å²) in [6.07, 6.45) is 2.64. The van der Waals surface area contributed by atoms with Crippen LogP contribution >= 0.6 is 0 Å². The van der Waals surface area contributed by atoms with Crippen molar-refractivity contribution < 1.29 is 4.79 Å². The molecule has 1 amide bonds. The molecule has 1 aliphatic rings. The lowest BCUT2D eigenvalue weighted by Gasteiger charge is -2.33. The molecule has 2 heterocycles. The van der Waals surface area contributed by atoms with Crippen LogP contribution in [0.3, 0.4) is 0 Å². The van der Waals surface area contributed by atoms with Gasteiger partial charge in [0.15, 0.2) is 0 Å². The molecule has 20 heavy (non-hydrogen) atoms. The Morgan fingerprint density at radius 2 is 2.20 bits per heavy atom. The van der Waals surface area contributed by atoms with Crippen LogP contribution in [0.5, 0.6) is 0 Å². The summed E-state index contributed by atoms with van der Waals surface area (Å²) in [6.45, 7) is 4.31. The van der Waals surface area contributed by atoms with E-state index in [1.54, 1.807) is 6.20 Å². The highest BCUT2D eigenvalue weighted by molar-refractivity contribution is 5.84. The molecule has 0 saturated carbocycles. The van der Waals surface area contributed by atoms with Gasteiger partial charge < -0.3 is 10.2 Å². The number of aromatic nitrogens is 1. The van der Waals surface area contributed by atoms with Crippen LogP contribution in [0, 0.1) is 0 Å². The number of hydrogen-bond donors (Lipinski definition) is 1. The SMILES string of the molecule is CCC1NCCN(Cc2cccc3cccnc23)C1=O. The Hall–Kier alpha value is -1.94. The summed E-state index contributed by atoms with van der Waals surface area (Å²) in [7, 11) is 0. The van der Waals surface area contributed by atoms with Gasteiger partial charge in [-0.1, -0.05) is 31.2 Å². The number of carbonyl (C=O) groups is 1. The van der Waals surface area contributed by atoms with Gasteiger partial charge in [0.25, 0.3) is 0 Å². The number of hydrogen-bond acceptors (Lipinski definition) is 3. The second-order valence-corrected chi connectivity index (χ2v) is 5.17. The van der Waals surface area contributed by atoms with Gasteiger partial charge in [0, 0.05) is 31.2 Å².